The highest BCUT2D eigenvalue weighted by molar-refractivity contribution is 7.33. The van der Waals surface area contributed by atoms with Crippen LogP contribution in [0.2, 0.25) is 0 Å². The summed E-state index contributed by atoms with van der Waals surface area (Å²) in [6.07, 6.45) is -1.84. The van der Waals surface area contributed by atoms with Crippen LogP contribution in [0.15, 0.2) is 48.8 Å². The number of hydrogen-bond donors (Lipinski definition) is 1. The number of carbonyl (C=O) groups is 2. The van der Waals surface area contributed by atoms with E-state index in [1.807, 2.05) is 6.07 Å². The quantitative estimate of drug-likeness (QED) is 0.233. The molecule has 1 unspecified atom stereocenters. The predicted octanol–water partition coefficient (Wildman–Crippen LogP) is 3.51. The predicted molar refractivity (Wildman–Crippen MR) is 143 cm³/mol. The molecular weight excluding hydrogens is 541 g/mol. The van der Waals surface area contributed by atoms with Crippen molar-refractivity contribution >= 4 is 31.5 Å². The average molecular weight is 574 g/mol. The maximum absolute atomic E-state index is 12.9. The SMILES string of the molecule is CO[C@](C#N)(CO[PH](=O)Oc1ccccc1)[C@@H](OC(=O)C(C)C)[C@@H](OC(=O)C(C)C)c1ccc2c(N)ncnn12. The van der Waals surface area contributed by atoms with Gasteiger partial charge in [0, 0.05) is 7.11 Å². The van der Waals surface area contributed by atoms with Crippen LogP contribution < -0.4 is 10.3 Å². The summed E-state index contributed by atoms with van der Waals surface area (Å²) in [5.74, 6) is -2.14. The number of nitrogen functional groups attached to an aromatic ring is 1. The van der Waals surface area contributed by atoms with Crippen molar-refractivity contribution in [3.05, 3.63) is 54.5 Å². The number of benzene rings is 1. The Balaban J connectivity index is 2.09. The number of para-hydroxylation sites is 1. The maximum Gasteiger partial charge on any atom is 0.367 e. The first-order chi connectivity index (χ1) is 19.0. The summed E-state index contributed by atoms with van der Waals surface area (Å²) in [5, 5.41) is 14.6. The number of methoxy groups -OCH3 is 1. The lowest BCUT2D eigenvalue weighted by molar-refractivity contribution is -0.197. The van der Waals surface area contributed by atoms with Crippen molar-refractivity contribution in [3.8, 4) is 11.8 Å². The Kier molecular flexibility index (Phi) is 10.2. The summed E-state index contributed by atoms with van der Waals surface area (Å²) in [6.45, 7) is 5.76. The molecule has 0 saturated carbocycles. The number of hydrogen-bond acceptors (Lipinski definition) is 12. The van der Waals surface area contributed by atoms with Gasteiger partial charge < -0.3 is 24.5 Å². The van der Waals surface area contributed by atoms with Crippen LogP contribution in [0.4, 0.5) is 5.82 Å². The second-order valence-electron chi connectivity index (χ2n) is 9.38. The van der Waals surface area contributed by atoms with E-state index in [1.165, 1.54) is 18.0 Å². The van der Waals surface area contributed by atoms with Crippen LogP contribution in [-0.2, 0) is 32.9 Å². The second-order valence-corrected chi connectivity index (χ2v) is 10.4. The monoisotopic (exact) mass is 573 g/mol. The van der Waals surface area contributed by atoms with E-state index in [1.54, 1.807) is 70.2 Å². The molecule has 214 valence electrons. The number of fused-ring (bicyclic) bond motifs is 1. The van der Waals surface area contributed by atoms with Gasteiger partial charge in [0.05, 0.1) is 17.5 Å². The van der Waals surface area contributed by atoms with Crippen LogP contribution in [0.25, 0.3) is 5.52 Å². The summed E-state index contributed by atoms with van der Waals surface area (Å²) in [7, 11) is -2.01. The van der Waals surface area contributed by atoms with Crippen LogP contribution >= 0.6 is 8.25 Å². The van der Waals surface area contributed by atoms with E-state index in [0.717, 1.165) is 0 Å². The summed E-state index contributed by atoms with van der Waals surface area (Å²) in [4.78, 5) is 29.8. The average Bonchev–Trinajstić information content (AvgIpc) is 3.37. The number of anilines is 1. The molecule has 0 aliphatic carbocycles. The Bertz CT molecular complexity index is 1390. The zero-order valence-electron chi connectivity index (χ0n) is 22.8. The van der Waals surface area contributed by atoms with Crippen molar-refractivity contribution in [2.75, 3.05) is 19.5 Å². The normalized spacial score (nSPS) is 15.2. The van der Waals surface area contributed by atoms with Gasteiger partial charge in [-0.3, -0.25) is 14.1 Å². The van der Waals surface area contributed by atoms with Crippen molar-refractivity contribution in [2.45, 2.75) is 45.5 Å². The van der Waals surface area contributed by atoms with Crippen molar-refractivity contribution < 1.29 is 37.4 Å². The standard InChI is InChI=1S/C26H32N5O8P/c1-16(2)24(32)37-21(19-11-12-20-23(28)29-15-30-31(19)20)22(38-25(33)17(3)4)26(13-27,35-5)14-36-40(34)39-18-9-7-6-8-10-18/h6-12,15-17,21-22,40H,14H2,1-5H3,(H2,28,29,30)/t21-,22-,26+/m0/s1. The lowest BCUT2D eigenvalue weighted by Gasteiger charge is -2.37. The molecule has 1 aromatic carbocycles. The molecule has 0 spiro atoms. The molecule has 0 bridgehead atoms. The fraction of sp³-hybridized carbons (Fsp3) is 0.423. The highest BCUT2D eigenvalue weighted by Gasteiger charge is 2.51. The topological polar surface area (TPSA) is 177 Å². The molecule has 2 aromatic heterocycles. The van der Waals surface area contributed by atoms with Gasteiger partial charge in [-0.2, -0.15) is 10.4 Å². The molecule has 0 saturated heterocycles. The highest BCUT2D eigenvalue weighted by Crippen LogP contribution is 2.38. The van der Waals surface area contributed by atoms with Gasteiger partial charge >= 0.3 is 20.2 Å². The van der Waals surface area contributed by atoms with E-state index < -0.39 is 56.4 Å². The molecule has 40 heavy (non-hydrogen) atoms. The molecule has 0 fully saturated rings. The van der Waals surface area contributed by atoms with E-state index in [9.17, 15) is 19.4 Å². The first kappa shape index (κ1) is 30.6. The van der Waals surface area contributed by atoms with Gasteiger partial charge in [-0.15, -0.1) is 0 Å². The number of nitrogens with two attached hydrogens (primary N) is 1. The summed E-state index contributed by atoms with van der Waals surface area (Å²) < 4.78 is 42.0. The molecule has 0 aliphatic heterocycles. The summed E-state index contributed by atoms with van der Waals surface area (Å²) in [6, 6.07) is 13.4. The number of ether oxygens (including phenoxy) is 3. The number of nitrogens with zero attached hydrogens (tertiary/aromatic N) is 4. The van der Waals surface area contributed by atoms with Gasteiger partial charge in [0.2, 0.25) is 5.60 Å². The maximum atomic E-state index is 12.9. The fourth-order valence-electron chi connectivity index (χ4n) is 3.57. The molecule has 0 amide bonds. The van der Waals surface area contributed by atoms with Gasteiger partial charge in [-0.25, -0.2) is 14.1 Å². The molecule has 14 heteroatoms. The van der Waals surface area contributed by atoms with Crippen molar-refractivity contribution in [1.29, 1.82) is 5.26 Å². The van der Waals surface area contributed by atoms with Gasteiger partial charge in [-0.05, 0) is 24.3 Å². The second kappa shape index (κ2) is 13.4. The van der Waals surface area contributed by atoms with Gasteiger partial charge in [0.1, 0.15) is 30.3 Å². The van der Waals surface area contributed by atoms with Gasteiger partial charge in [-0.1, -0.05) is 45.9 Å². The largest absolute Gasteiger partial charge is 0.453 e. The van der Waals surface area contributed by atoms with E-state index >= 15 is 0 Å². The minimum atomic E-state index is -3.20. The number of carbonyl (C=O) groups excluding carboxylic acids is 2. The van der Waals surface area contributed by atoms with Crippen molar-refractivity contribution in [1.82, 2.24) is 14.6 Å². The molecule has 4 atom stereocenters. The lowest BCUT2D eigenvalue weighted by Crippen LogP contribution is -2.53. The molecule has 0 radical (unpaired) electrons. The number of rotatable bonds is 13. The van der Waals surface area contributed by atoms with Gasteiger partial charge in [0.15, 0.2) is 18.0 Å². The zero-order valence-corrected chi connectivity index (χ0v) is 23.8. The molecule has 13 nitrogen and oxygen atoms in total. The Morgan fingerprint density at radius 3 is 2.33 bits per heavy atom. The first-order valence-electron chi connectivity index (χ1n) is 12.4. The van der Waals surface area contributed by atoms with E-state index in [4.69, 9.17) is 29.0 Å². The molecule has 2 heterocycles. The number of aromatic nitrogens is 3. The zero-order chi connectivity index (χ0) is 29.4. The third kappa shape index (κ3) is 6.96. The van der Waals surface area contributed by atoms with Crippen LogP contribution in [0.5, 0.6) is 5.75 Å². The van der Waals surface area contributed by atoms with Gasteiger partial charge in [0.25, 0.3) is 0 Å². The van der Waals surface area contributed by atoms with Crippen molar-refractivity contribution in [3.63, 3.8) is 0 Å². The number of nitriles is 1. The van der Waals surface area contributed by atoms with Crippen LogP contribution in [0.1, 0.15) is 39.5 Å². The van der Waals surface area contributed by atoms with Crippen LogP contribution in [0, 0.1) is 23.2 Å². The Morgan fingerprint density at radius 1 is 1.07 bits per heavy atom. The number of esters is 2. The van der Waals surface area contributed by atoms with Crippen molar-refractivity contribution in [2.24, 2.45) is 11.8 Å². The smallest absolute Gasteiger partial charge is 0.367 e. The summed E-state index contributed by atoms with van der Waals surface area (Å²) >= 11 is 0. The lowest BCUT2D eigenvalue weighted by atomic mass is 9.92. The minimum absolute atomic E-state index is 0.143. The van der Waals surface area contributed by atoms with E-state index in [0.29, 0.717) is 5.52 Å². The van der Waals surface area contributed by atoms with Crippen LogP contribution in [-0.4, -0.2) is 52.0 Å². The molecule has 2 N–H and O–H groups in total. The Morgan fingerprint density at radius 2 is 1.73 bits per heavy atom. The highest BCUT2D eigenvalue weighted by atomic mass is 31.1. The van der Waals surface area contributed by atoms with E-state index in [2.05, 4.69) is 10.1 Å². The Hall–Kier alpha value is -3.98. The molecule has 3 aromatic rings. The third-order valence-corrected chi connectivity index (χ3v) is 6.65. The minimum Gasteiger partial charge on any atom is -0.453 e. The fourth-order valence-corrected chi connectivity index (χ4v) is 4.29. The van der Waals surface area contributed by atoms with Crippen LogP contribution in [0.3, 0.4) is 0 Å². The first-order valence-corrected chi connectivity index (χ1v) is 13.6. The summed E-state index contributed by atoms with van der Waals surface area (Å²) in [5.41, 5.74) is 4.47. The third-order valence-electron chi connectivity index (χ3n) is 5.87. The molecular formula is C26H32N5O8P. The molecule has 3 rings (SSSR count). The Labute approximate surface area is 232 Å². The van der Waals surface area contributed by atoms with E-state index in [-0.39, 0.29) is 17.3 Å². The molecule has 0 aliphatic rings.